The van der Waals surface area contributed by atoms with E-state index in [0.29, 0.717) is 25.9 Å². The summed E-state index contributed by atoms with van der Waals surface area (Å²) in [5.74, 6) is 1.58. The lowest BCUT2D eigenvalue weighted by Gasteiger charge is -2.30. The minimum absolute atomic E-state index is 0.0321. The third-order valence-electron chi connectivity index (χ3n) is 6.13. The lowest BCUT2D eigenvalue weighted by molar-refractivity contribution is 0.0893. The fourth-order valence-electron chi connectivity index (χ4n) is 4.44. The van der Waals surface area contributed by atoms with Gasteiger partial charge in [-0.2, -0.15) is 0 Å². The minimum Gasteiger partial charge on any atom is -0.489 e. The average Bonchev–Trinajstić information content (AvgIpc) is 3.44. The third kappa shape index (κ3) is 3.67. The van der Waals surface area contributed by atoms with Crippen molar-refractivity contribution in [1.29, 1.82) is 0 Å². The van der Waals surface area contributed by atoms with E-state index in [1.165, 1.54) is 28.8 Å². The predicted octanol–water partition coefficient (Wildman–Crippen LogP) is 4.15. The van der Waals surface area contributed by atoms with Gasteiger partial charge in [0.05, 0.1) is 11.7 Å². The van der Waals surface area contributed by atoms with Crippen LogP contribution in [-0.2, 0) is 0 Å². The first-order valence-corrected chi connectivity index (χ1v) is 10.6. The monoisotopic (exact) mass is 406 g/mol. The molecule has 3 aromatic rings. The molecule has 4 heterocycles. The van der Waals surface area contributed by atoms with Gasteiger partial charge in [0.1, 0.15) is 17.7 Å². The SMILES string of the molecule is O=C(O)N1CCC(Oc2ccc(-n3ccc4cc(N5CCCC5)ccc43)nc2)CC1. The maximum atomic E-state index is 11.0. The van der Waals surface area contributed by atoms with E-state index in [2.05, 4.69) is 44.9 Å². The van der Waals surface area contributed by atoms with Gasteiger partial charge in [-0.15, -0.1) is 0 Å². The number of fused-ring (bicyclic) bond motifs is 1. The van der Waals surface area contributed by atoms with E-state index < -0.39 is 6.09 Å². The zero-order valence-corrected chi connectivity index (χ0v) is 16.9. The van der Waals surface area contributed by atoms with Gasteiger partial charge in [0, 0.05) is 56.3 Å². The zero-order chi connectivity index (χ0) is 20.5. The average molecular weight is 406 g/mol. The van der Waals surface area contributed by atoms with Gasteiger partial charge in [0.15, 0.2) is 0 Å². The normalized spacial score (nSPS) is 17.6. The Morgan fingerprint density at radius 1 is 1.03 bits per heavy atom. The first-order chi connectivity index (χ1) is 14.7. The molecule has 0 saturated carbocycles. The third-order valence-corrected chi connectivity index (χ3v) is 6.13. The Hall–Kier alpha value is -3.22. The molecular weight excluding hydrogens is 380 g/mol. The first kappa shape index (κ1) is 18.8. The molecule has 0 atom stereocenters. The van der Waals surface area contributed by atoms with Crippen molar-refractivity contribution < 1.29 is 14.6 Å². The van der Waals surface area contributed by atoms with Crippen molar-refractivity contribution in [2.75, 3.05) is 31.1 Å². The van der Waals surface area contributed by atoms with Crippen LogP contribution in [0.4, 0.5) is 10.5 Å². The number of pyridine rings is 1. The number of amides is 1. The number of anilines is 1. The number of nitrogens with zero attached hydrogens (tertiary/aromatic N) is 4. The second-order valence-electron chi connectivity index (χ2n) is 8.06. The van der Waals surface area contributed by atoms with E-state index >= 15 is 0 Å². The van der Waals surface area contributed by atoms with Gasteiger partial charge in [0.25, 0.3) is 0 Å². The van der Waals surface area contributed by atoms with Crippen LogP contribution in [0.15, 0.2) is 48.8 Å². The fourth-order valence-corrected chi connectivity index (χ4v) is 4.44. The summed E-state index contributed by atoms with van der Waals surface area (Å²) in [5.41, 5.74) is 2.43. The first-order valence-electron chi connectivity index (χ1n) is 10.6. The summed E-state index contributed by atoms with van der Waals surface area (Å²) < 4.78 is 8.11. The molecule has 0 spiro atoms. The molecule has 5 rings (SSSR count). The summed E-state index contributed by atoms with van der Waals surface area (Å²) >= 11 is 0. The topological polar surface area (TPSA) is 70.8 Å². The van der Waals surface area contributed by atoms with E-state index in [1.54, 1.807) is 6.20 Å². The summed E-state index contributed by atoms with van der Waals surface area (Å²) in [5, 5.41) is 10.3. The van der Waals surface area contributed by atoms with E-state index in [0.717, 1.165) is 30.2 Å². The molecule has 1 amide bonds. The molecule has 7 nitrogen and oxygen atoms in total. The quantitative estimate of drug-likeness (QED) is 0.705. The van der Waals surface area contributed by atoms with Crippen molar-refractivity contribution >= 4 is 22.7 Å². The highest BCUT2D eigenvalue weighted by Crippen LogP contribution is 2.28. The van der Waals surface area contributed by atoms with Gasteiger partial charge in [-0.1, -0.05) is 0 Å². The van der Waals surface area contributed by atoms with Gasteiger partial charge in [-0.05, 0) is 49.2 Å². The van der Waals surface area contributed by atoms with Crippen LogP contribution in [0.25, 0.3) is 16.7 Å². The smallest absolute Gasteiger partial charge is 0.407 e. The molecule has 1 N–H and O–H groups in total. The van der Waals surface area contributed by atoms with E-state index in [1.807, 2.05) is 12.1 Å². The lowest BCUT2D eigenvalue weighted by Crippen LogP contribution is -2.41. The van der Waals surface area contributed by atoms with Gasteiger partial charge in [-0.3, -0.25) is 0 Å². The number of carbonyl (C=O) groups is 1. The number of ether oxygens (including phenoxy) is 1. The number of carboxylic acid groups (broad SMARTS) is 1. The molecule has 0 radical (unpaired) electrons. The molecule has 0 aliphatic carbocycles. The highest BCUT2D eigenvalue weighted by atomic mass is 16.5. The molecule has 0 unspecified atom stereocenters. The molecule has 7 heteroatoms. The predicted molar refractivity (Wildman–Crippen MR) is 116 cm³/mol. The second-order valence-corrected chi connectivity index (χ2v) is 8.06. The summed E-state index contributed by atoms with van der Waals surface area (Å²) in [6.07, 6.45) is 6.94. The largest absolute Gasteiger partial charge is 0.489 e. The summed E-state index contributed by atoms with van der Waals surface area (Å²) in [4.78, 5) is 19.5. The van der Waals surface area contributed by atoms with Crippen LogP contribution in [0.2, 0.25) is 0 Å². The summed E-state index contributed by atoms with van der Waals surface area (Å²) in [6.45, 7) is 3.32. The minimum atomic E-state index is -0.856. The summed E-state index contributed by atoms with van der Waals surface area (Å²) in [7, 11) is 0. The van der Waals surface area contributed by atoms with Gasteiger partial charge >= 0.3 is 6.09 Å². The van der Waals surface area contributed by atoms with Gasteiger partial charge < -0.3 is 24.2 Å². The highest BCUT2D eigenvalue weighted by Gasteiger charge is 2.23. The number of aromatic nitrogens is 2. The Labute approximate surface area is 175 Å². The van der Waals surface area contributed by atoms with Crippen LogP contribution in [-0.4, -0.2) is 57.9 Å². The van der Waals surface area contributed by atoms with Gasteiger partial charge in [0.2, 0.25) is 0 Å². The summed E-state index contributed by atoms with van der Waals surface area (Å²) in [6, 6.07) is 12.7. The number of hydrogen-bond acceptors (Lipinski definition) is 4. The van der Waals surface area contributed by atoms with Crippen LogP contribution in [0.1, 0.15) is 25.7 Å². The standard InChI is InChI=1S/C23H26N4O3/c28-23(29)26-12-8-19(9-13-26)30-20-4-6-22(24-16-20)27-14-7-17-15-18(3-5-21(17)27)25-10-1-2-11-25/h3-7,14-16,19H,1-2,8-13H2,(H,28,29). The molecule has 156 valence electrons. The second kappa shape index (κ2) is 7.89. The lowest BCUT2D eigenvalue weighted by atomic mass is 10.1. The van der Waals surface area contributed by atoms with E-state index in [4.69, 9.17) is 9.84 Å². The van der Waals surface area contributed by atoms with Crippen molar-refractivity contribution in [2.24, 2.45) is 0 Å². The van der Waals surface area contributed by atoms with Gasteiger partial charge in [-0.25, -0.2) is 9.78 Å². The molecular formula is C23H26N4O3. The number of rotatable bonds is 4. The van der Waals surface area contributed by atoms with Crippen molar-refractivity contribution in [3.05, 3.63) is 48.8 Å². The Morgan fingerprint density at radius 2 is 1.83 bits per heavy atom. The molecule has 2 fully saturated rings. The van der Waals surface area contributed by atoms with Crippen molar-refractivity contribution in [3.63, 3.8) is 0 Å². The van der Waals surface area contributed by atoms with Crippen molar-refractivity contribution in [1.82, 2.24) is 14.5 Å². The molecule has 0 bridgehead atoms. The Kier molecular flexibility index (Phi) is 4.94. The molecule has 2 aliphatic heterocycles. The van der Waals surface area contributed by atoms with E-state index in [-0.39, 0.29) is 6.10 Å². The Morgan fingerprint density at radius 3 is 2.53 bits per heavy atom. The van der Waals surface area contributed by atoms with E-state index in [9.17, 15) is 4.79 Å². The molecule has 2 aliphatic rings. The van der Waals surface area contributed by atoms with Crippen LogP contribution in [0.3, 0.4) is 0 Å². The maximum absolute atomic E-state index is 11.0. The molecule has 2 saturated heterocycles. The number of likely N-dealkylation sites (tertiary alicyclic amines) is 1. The highest BCUT2D eigenvalue weighted by molar-refractivity contribution is 5.85. The molecule has 2 aromatic heterocycles. The van der Waals surface area contributed by atoms with Crippen molar-refractivity contribution in [2.45, 2.75) is 31.8 Å². The maximum Gasteiger partial charge on any atom is 0.407 e. The van der Waals surface area contributed by atoms with Crippen LogP contribution >= 0.6 is 0 Å². The van der Waals surface area contributed by atoms with Crippen LogP contribution in [0.5, 0.6) is 5.75 Å². The number of piperidine rings is 1. The molecule has 1 aromatic carbocycles. The fraction of sp³-hybridized carbons (Fsp3) is 0.391. The zero-order valence-electron chi connectivity index (χ0n) is 16.9. The molecule has 30 heavy (non-hydrogen) atoms. The van der Waals surface area contributed by atoms with Crippen LogP contribution < -0.4 is 9.64 Å². The van der Waals surface area contributed by atoms with Crippen LogP contribution in [0, 0.1) is 0 Å². The number of hydrogen-bond donors (Lipinski definition) is 1. The number of benzene rings is 1. The van der Waals surface area contributed by atoms with Crippen molar-refractivity contribution in [3.8, 4) is 11.6 Å². The Bertz CT molecular complexity index is 1030. The Balaban J connectivity index is 1.28.